The molecule has 0 saturated heterocycles. The van der Waals surface area contributed by atoms with Gasteiger partial charge in [-0.15, -0.1) is 0 Å². The standard InChI is InChI=1S/C15H25NO2/c1-5-11(2)10-18-15-7-6-14(17-4)9-13(15)8-12(3)16/h6-7,9,11-12H,5,8,10,16H2,1-4H3. The summed E-state index contributed by atoms with van der Waals surface area (Å²) < 4.78 is 11.1. The third-order valence-corrected chi connectivity index (χ3v) is 3.03. The minimum absolute atomic E-state index is 0.114. The quantitative estimate of drug-likeness (QED) is 0.810. The topological polar surface area (TPSA) is 44.5 Å². The molecule has 18 heavy (non-hydrogen) atoms. The van der Waals surface area contributed by atoms with E-state index in [1.807, 2.05) is 25.1 Å². The van der Waals surface area contributed by atoms with Crippen LogP contribution in [0.1, 0.15) is 32.8 Å². The molecule has 2 atom stereocenters. The van der Waals surface area contributed by atoms with Gasteiger partial charge >= 0.3 is 0 Å². The number of rotatable bonds is 7. The first-order chi connectivity index (χ1) is 8.56. The second kappa shape index (κ2) is 7.27. The highest BCUT2D eigenvalue weighted by Crippen LogP contribution is 2.25. The van der Waals surface area contributed by atoms with E-state index in [0.29, 0.717) is 5.92 Å². The van der Waals surface area contributed by atoms with Crippen molar-refractivity contribution in [1.82, 2.24) is 0 Å². The Kier molecular flexibility index (Phi) is 5.99. The van der Waals surface area contributed by atoms with Crippen LogP contribution in [-0.2, 0) is 6.42 Å². The van der Waals surface area contributed by atoms with Gasteiger partial charge in [0.15, 0.2) is 0 Å². The lowest BCUT2D eigenvalue weighted by molar-refractivity contribution is 0.253. The molecule has 0 fully saturated rings. The van der Waals surface area contributed by atoms with E-state index in [9.17, 15) is 0 Å². The molecule has 0 heterocycles. The molecular weight excluding hydrogens is 226 g/mol. The summed E-state index contributed by atoms with van der Waals surface area (Å²) in [5.74, 6) is 2.34. The summed E-state index contributed by atoms with van der Waals surface area (Å²) in [5, 5.41) is 0. The number of hydrogen-bond donors (Lipinski definition) is 1. The molecule has 0 amide bonds. The Labute approximate surface area is 110 Å². The normalized spacial score (nSPS) is 14.1. The highest BCUT2D eigenvalue weighted by molar-refractivity contribution is 5.40. The van der Waals surface area contributed by atoms with Crippen LogP contribution < -0.4 is 15.2 Å². The predicted octanol–water partition coefficient (Wildman–Crippen LogP) is 3.01. The van der Waals surface area contributed by atoms with Crippen molar-refractivity contribution in [2.75, 3.05) is 13.7 Å². The summed E-state index contributed by atoms with van der Waals surface area (Å²) in [6.45, 7) is 7.10. The van der Waals surface area contributed by atoms with Crippen LogP contribution in [-0.4, -0.2) is 19.8 Å². The first-order valence-electron chi connectivity index (χ1n) is 6.62. The largest absolute Gasteiger partial charge is 0.497 e. The van der Waals surface area contributed by atoms with Gasteiger partial charge in [0.25, 0.3) is 0 Å². The summed E-state index contributed by atoms with van der Waals surface area (Å²) in [7, 11) is 1.67. The average Bonchev–Trinajstić information content (AvgIpc) is 2.36. The summed E-state index contributed by atoms with van der Waals surface area (Å²) in [4.78, 5) is 0. The molecule has 3 nitrogen and oxygen atoms in total. The molecule has 0 radical (unpaired) electrons. The van der Waals surface area contributed by atoms with Crippen LogP contribution in [0.2, 0.25) is 0 Å². The zero-order valence-corrected chi connectivity index (χ0v) is 11.9. The maximum absolute atomic E-state index is 5.88. The fourth-order valence-electron chi connectivity index (χ4n) is 1.68. The van der Waals surface area contributed by atoms with Gasteiger partial charge < -0.3 is 15.2 Å². The summed E-state index contributed by atoms with van der Waals surface area (Å²) in [6.07, 6.45) is 1.92. The van der Waals surface area contributed by atoms with Crippen molar-refractivity contribution in [2.24, 2.45) is 11.7 Å². The van der Waals surface area contributed by atoms with Crippen LogP contribution >= 0.6 is 0 Å². The van der Waals surface area contributed by atoms with Crippen LogP contribution in [0.3, 0.4) is 0 Å². The summed E-state index contributed by atoms with van der Waals surface area (Å²) >= 11 is 0. The zero-order valence-electron chi connectivity index (χ0n) is 11.9. The molecule has 1 aromatic carbocycles. The van der Waals surface area contributed by atoms with Crippen molar-refractivity contribution >= 4 is 0 Å². The van der Waals surface area contributed by atoms with Crippen molar-refractivity contribution in [1.29, 1.82) is 0 Å². The number of nitrogens with two attached hydrogens (primary N) is 1. The lowest BCUT2D eigenvalue weighted by Gasteiger charge is -2.16. The van der Waals surface area contributed by atoms with E-state index < -0.39 is 0 Å². The van der Waals surface area contributed by atoms with Gasteiger partial charge in [0.1, 0.15) is 11.5 Å². The monoisotopic (exact) mass is 251 g/mol. The van der Waals surface area contributed by atoms with E-state index >= 15 is 0 Å². The average molecular weight is 251 g/mol. The number of methoxy groups -OCH3 is 1. The fraction of sp³-hybridized carbons (Fsp3) is 0.600. The van der Waals surface area contributed by atoms with Gasteiger partial charge in [0, 0.05) is 6.04 Å². The minimum atomic E-state index is 0.114. The number of ether oxygens (including phenoxy) is 2. The third kappa shape index (κ3) is 4.57. The smallest absolute Gasteiger partial charge is 0.122 e. The Bertz CT molecular complexity index is 364. The molecule has 2 unspecified atom stereocenters. The zero-order chi connectivity index (χ0) is 13.5. The number of hydrogen-bond acceptors (Lipinski definition) is 3. The lowest BCUT2D eigenvalue weighted by atomic mass is 10.1. The molecule has 0 aromatic heterocycles. The Morgan fingerprint density at radius 2 is 2.00 bits per heavy atom. The van der Waals surface area contributed by atoms with Gasteiger partial charge in [-0.3, -0.25) is 0 Å². The molecule has 0 saturated carbocycles. The van der Waals surface area contributed by atoms with E-state index in [1.165, 1.54) is 0 Å². The SMILES string of the molecule is CCC(C)COc1ccc(OC)cc1CC(C)N. The highest BCUT2D eigenvalue weighted by atomic mass is 16.5. The van der Waals surface area contributed by atoms with Gasteiger partial charge in [0.05, 0.1) is 13.7 Å². The van der Waals surface area contributed by atoms with Crippen molar-refractivity contribution in [3.8, 4) is 11.5 Å². The van der Waals surface area contributed by atoms with Gasteiger partial charge in [-0.1, -0.05) is 20.3 Å². The minimum Gasteiger partial charge on any atom is -0.497 e. The van der Waals surface area contributed by atoms with E-state index in [1.54, 1.807) is 7.11 Å². The van der Waals surface area contributed by atoms with Crippen molar-refractivity contribution in [3.63, 3.8) is 0 Å². The number of benzene rings is 1. The molecule has 0 aliphatic carbocycles. The van der Waals surface area contributed by atoms with E-state index in [-0.39, 0.29) is 6.04 Å². The van der Waals surface area contributed by atoms with Crippen molar-refractivity contribution in [3.05, 3.63) is 23.8 Å². The van der Waals surface area contributed by atoms with Crippen LogP contribution in [0.5, 0.6) is 11.5 Å². The van der Waals surface area contributed by atoms with Crippen LogP contribution in [0, 0.1) is 5.92 Å². The predicted molar refractivity (Wildman–Crippen MR) is 75.3 cm³/mol. The second-order valence-corrected chi connectivity index (χ2v) is 4.98. The Hall–Kier alpha value is -1.22. The van der Waals surface area contributed by atoms with E-state index in [4.69, 9.17) is 15.2 Å². The first kappa shape index (κ1) is 14.8. The van der Waals surface area contributed by atoms with Crippen LogP contribution in [0.15, 0.2) is 18.2 Å². The molecule has 0 spiro atoms. The van der Waals surface area contributed by atoms with Crippen LogP contribution in [0.25, 0.3) is 0 Å². The van der Waals surface area contributed by atoms with Crippen molar-refractivity contribution < 1.29 is 9.47 Å². The summed E-state index contributed by atoms with van der Waals surface area (Å²) in [6, 6.07) is 6.02. The van der Waals surface area contributed by atoms with Gasteiger partial charge in [-0.05, 0) is 43.0 Å². The molecule has 3 heteroatoms. The van der Waals surface area contributed by atoms with Gasteiger partial charge in [-0.2, -0.15) is 0 Å². The maximum Gasteiger partial charge on any atom is 0.122 e. The van der Waals surface area contributed by atoms with Crippen molar-refractivity contribution in [2.45, 2.75) is 39.7 Å². The van der Waals surface area contributed by atoms with Gasteiger partial charge in [0.2, 0.25) is 0 Å². The second-order valence-electron chi connectivity index (χ2n) is 4.98. The lowest BCUT2D eigenvalue weighted by Crippen LogP contribution is -2.19. The maximum atomic E-state index is 5.88. The van der Waals surface area contributed by atoms with E-state index in [2.05, 4.69) is 13.8 Å². The molecule has 0 bridgehead atoms. The van der Waals surface area contributed by atoms with E-state index in [0.717, 1.165) is 36.5 Å². The Morgan fingerprint density at radius 3 is 2.56 bits per heavy atom. The summed E-state index contributed by atoms with van der Waals surface area (Å²) in [5.41, 5.74) is 6.99. The molecule has 102 valence electrons. The Morgan fingerprint density at radius 1 is 1.28 bits per heavy atom. The highest BCUT2D eigenvalue weighted by Gasteiger charge is 2.09. The molecule has 0 aliphatic rings. The third-order valence-electron chi connectivity index (χ3n) is 3.03. The molecule has 2 N–H and O–H groups in total. The first-order valence-corrected chi connectivity index (χ1v) is 6.62. The molecular formula is C15H25NO2. The molecule has 1 rings (SSSR count). The molecule has 0 aliphatic heterocycles. The fourth-order valence-corrected chi connectivity index (χ4v) is 1.68. The Balaban J connectivity index is 2.81. The van der Waals surface area contributed by atoms with Gasteiger partial charge in [-0.25, -0.2) is 0 Å². The molecule has 1 aromatic rings. The van der Waals surface area contributed by atoms with Crippen LogP contribution in [0.4, 0.5) is 0 Å².